The minimum atomic E-state index is -0.385. The third-order valence-corrected chi connectivity index (χ3v) is 6.36. The second-order valence-electron chi connectivity index (χ2n) is 8.66. The smallest absolute Gasteiger partial charge is 0.281 e. The lowest BCUT2D eigenvalue weighted by Gasteiger charge is -2.32. The fourth-order valence-corrected chi connectivity index (χ4v) is 4.48. The van der Waals surface area contributed by atoms with Crippen LogP contribution in [0.4, 0.5) is 4.39 Å². The Bertz CT molecular complexity index is 1470. The van der Waals surface area contributed by atoms with Crippen molar-refractivity contribution in [3.8, 4) is 11.5 Å². The number of carbonyl (C=O) groups excluding carboxylic acids is 1. The first-order valence-corrected chi connectivity index (χ1v) is 11.6. The number of benzene rings is 2. The van der Waals surface area contributed by atoms with Crippen molar-refractivity contribution in [2.24, 2.45) is 0 Å². The maximum atomic E-state index is 13.3. The van der Waals surface area contributed by atoms with Gasteiger partial charge in [0.15, 0.2) is 22.7 Å². The van der Waals surface area contributed by atoms with E-state index < -0.39 is 0 Å². The number of hydrogen-bond acceptors (Lipinski definition) is 7. The number of hydrogen-bond donors (Lipinski definition) is 1. The number of methoxy groups -OCH3 is 2. The highest BCUT2D eigenvalue weighted by atomic mass is 19.1. The van der Waals surface area contributed by atoms with Crippen molar-refractivity contribution in [3.63, 3.8) is 0 Å². The number of ether oxygens (including phenoxy) is 2. The average Bonchev–Trinajstić information content (AvgIpc) is 3.32. The third kappa shape index (κ3) is 4.51. The minimum Gasteiger partial charge on any atom is -0.493 e. The fourth-order valence-electron chi connectivity index (χ4n) is 4.48. The molecule has 3 heterocycles. The zero-order valence-corrected chi connectivity index (χ0v) is 19.9. The highest BCUT2D eigenvalue weighted by Gasteiger charge is 2.28. The van der Waals surface area contributed by atoms with Crippen LogP contribution in [0.15, 0.2) is 47.3 Å². The highest BCUT2D eigenvalue weighted by molar-refractivity contribution is 5.95. The summed E-state index contributed by atoms with van der Waals surface area (Å²) in [5.74, 6) is 0.895. The predicted molar refractivity (Wildman–Crippen MR) is 129 cm³/mol. The van der Waals surface area contributed by atoms with Gasteiger partial charge in [0.05, 0.1) is 20.8 Å². The van der Waals surface area contributed by atoms with E-state index in [2.05, 4.69) is 20.3 Å². The number of likely N-dealkylation sites (tertiary alicyclic amines) is 1. The van der Waals surface area contributed by atoms with Gasteiger partial charge in [-0.1, -0.05) is 17.3 Å². The number of aromatic amines is 1. The molecule has 10 nitrogen and oxygen atoms in total. The van der Waals surface area contributed by atoms with Gasteiger partial charge < -0.3 is 19.4 Å². The van der Waals surface area contributed by atoms with Gasteiger partial charge in [-0.2, -0.15) is 0 Å². The molecule has 1 amide bonds. The van der Waals surface area contributed by atoms with Gasteiger partial charge >= 0.3 is 0 Å². The topological polar surface area (TPSA) is 115 Å². The molecule has 0 radical (unpaired) electrons. The van der Waals surface area contributed by atoms with Crippen LogP contribution in [0.5, 0.6) is 11.5 Å². The van der Waals surface area contributed by atoms with Crippen molar-refractivity contribution in [2.75, 3.05) is 27.3 Å². The third-order valence-electron chi connectivity index (χ3n) is 6.36. The van der Waals surface area contributed by atoms with Crippen LogP contribution < -0.4 is 15.0 Å². The number of nitrogens with zero attached hydrogens (tertiary/aromatic N) is 5. The molecule has 0 bridgehead atoms. The molecule has 4 aromatic rings. The molecule has 11 heteroatoms. The summed E-state index contributed by atoms with van der Waals surface area (Å²) in [4.78, 5) is 35.3. The molecule has 36 heavy (non-hydrogen) atoms. The first-order valence-electron chi connectivity index (χ1n) is 11.6. The summed E-state index contributed by atoms with van der Waals surface area (Å²) >= 11 is 0. The number of rotatable bonds is 6. The van der Waals surface area contributed by atoms with Gasteiger partial charge in [-0.05, 0) is 48.7 Å². The lowest BCUT2D eigenvalue weighted by atomic mass is 9.96. The molecule has 0 saturated carbocycles. The number of fused-ring (bicyclic) bond motifs is 1. The first-order chi connectivity index (χ1) is 17.5. The fraction of sp³-hybridized carbons (Fsp3) is 0.320. The molecule has 5 rings (SSSR count). The van der Waals surface area contributed by atoms with Gasteiger partial charge in [-0.15, -0.1) is 5.10 Å². The van der Waals surface area contributed by atoms with E-state index in [9.17, 15) is 14.0 Å². The normalized spacial score (nSPS) is 15.8. The SMILES string of the molecule is COc1ccc(C(=O)N2CCC[C@H](c3nc4c(nnn4Cc4ccc(F)cc4)c(=O)[nH]3)C2)cc1OC. The van der Waals surface area contributed by atoms with Gasteiger partial charge in [0.2, 0.25) is 0 Å². The van der Waals surface area contributed by atoms with Crippen molar-refractivity contribution < 1.29 is 18.7 Å². The zero-order chi connectivity index (χ0) is 25.2. The van der Waals surface area contributed by atoms with Crippen LogP contribution in [0.1, 0.15) is 40.5 Å². The maximum absolute atomic E-state index is 13.3. The molecule has 1 atom stereocenters. The number of halogens is 1. The molecule has 2 aromatic carbocycles. The van der Waals surface area contributed by atoms with E-state index in [0.717, 1.165) is 18.4 Å². The molecule has 1 aliphatic heterocycles. The van der Waals surface area contributed by atoms with E-state index in [0.29, 0.717) is 48.2 Å². The summed E-state index contributed by atoms with van der Waals surface area (Å²) in [5, 5.41) is 8.05. The van der Waals surface area contributed by atoms with Crippen LogP contribution in [0.25, 0.3) is 11.2 Å². The van der Waals surface area contributed by atoms with E-state index in [1.165, 1.54) is 23.9 Å². The Morgan fingerprint density at radius 1 is 1.14 bits per heavy atom. The van der Waals surface area contributed by atoms with E-state index in [-0.39, 0.29) is 28.7 Å². The van der Waals surface area contributed by atoms with Crippen LogP contribution in [-0.4, -0.2) is 63.1 Å². The molecule has 186 valence electrons. The Morgan fingerprint density at radius 2 is 1.92 bits per heavy atom. The van der Waals surface area contributed by atoms with Crippen LogP contribution in [0, 0.1) is 5.82 Å². The van der Waals surface area contributed by atoms with Crippen LogP contribution in [-0.2, 0) is 6.54 Å². The van der Waals surface area contributed by atoms with E-state index in [1.54, 1.807) is 42.3 Å². The van der Waals surface area contributed by atoms with Gasteiger partial charge in [0, 0.05) is 24.6 Å². The number of aromatic nitrogens is 5. The van der Waals surface area contributed by atoms with Crippen LogP contribution in [0.2, 0.25) is 0 Å². The lowest BCUT2D eigenvalue weighted by molar-refractivity contribution is 0.0704. The van der Waals surface area contributed by atoms with E-state index >= 15 is 0 Å². The Morgan fingerprint density at radius 3 is 2.67 bits per heavy atom. The van der Waals surface area contributed by atoms with Crippen LogP contribution >= 0.6 is 0 Å². The maximum Gasteiger partial charge on any atom is 0.281 e. The minimum absolute atomic E-state index is 0.132. The summed E-state index contributed by atoms with van der Waals surface area (Å²) in [7, 11) is 3.07. The lowest BCUT2D eigenvalue weighted by Crippen LogP contribution is -2.40. The van der Waals surface area contributed by atoms with Crippen molar-refractivity contribution in [1.29, 1.82) is 0 Å². The monoisotopic (exact) mass is 492 g/mol. The molecular formula is C25H25FN6O4. The van der Waals surface area contributed by atoms with Gasteiger partial charge in [0.1, 0.15) is 11.6 Å². The highest BCUT2D eigenvalue weighted by Crippen LogP contribution is 2.30. The Kier molecular flexibility index (Phi) is 6.36. The quantitative estimate of drug-likeness (QED) is 0.440. The molecule has 0 aliphatic carbocycles. The second-order valence-corrected chi connectivity index (χ2v) is 8.66. The van der Waals surface area contributed by atoms with Crippen molar-refractivity contribution in [2.45, 2.75) is 25.3 Å². The van der Waals surface area contributed by atoms with Gasteiger partial charge in [0.25, 0.3) is 11.5 Å². The standard InChI is InChI=1S/C25H25FN6O4/c1-35-19-10-7-16(12-20(19)36-2)25(34)31-11-3-4-17(14-31)22-27-23-21(24(33)28-22)29-30-32(23)13-15-5-8-18(26)9-6-15/h5-10,12,17H,3-4,11,13-14H2,1-2H3,(H,27,28,33)/t17-/m0/s1. The van der Waals surface area contributed by atoms with E-state index in [1.807, 2.05) is 0 Å². The summed E-state index contributed by atoms with van der Waals surface area (Å²) in [6.07, 6.45) is 1.53. The summed E-state index contributed by atoms with van der Waals surface area (Å²) in [5.41, 5.74) is 1.39. The van der Waals surface area contributed by atoms with E-state index in [4.69, 9.17) is 9.47 Å². The molecule has 2 aromatic heterocycles. The number of carbonyl (C=O) groups is 1. The van der Waals surface area contributed by atoms with Crippen molar-refractivity contribution >= 4 is 17.1 Å². The molecule has 1 N–H and O–H groups in total. The summed E-state index contributed by atoms with van der Waals surface area (Å²) in [6.45, 7) is 1.29. The van der Waals surface area contributed by atoms with Crippen molar-refractivity contribution in [3.05, 3.63) is 75.6 Å². The molecule has 0 spiro atoms. The molecule has 1 fully saturated rings. The van der Waals surface area contributed by atoms with Crippen LogP contribution in [0.3, 0.4) is 0 Å². The predicted octanol–water partition coefficient (Wildman–Crippen LogP) is 2.74. The van der Waals surface area contributed by atoms with Gasteiger partial charge in [-0.3, -0.25) is 9.59 Å². The Hall–Kier alpha value is -4.28. The van der Waals surface area contributed by atoms with Gasteiger partial charge in [-0.25, -0.2) is 14.1 Å². The molecule has 1 saturated heterocycles. The second kappa shape index (κ2) is 9.76. The zero-order valence-electron chi connectivity index (χ0n) is 19.9. The summed E-state index contributed by atoms with van der Waals surface area (Å²) < 4.78 is 25.4. The molecule has 0 unspecified atom stereocenters. The summed E-state index contributed by atoms with van der Waals surface area (Å²) in [6, 6.07) is 11.1. The molecular weight excluding hydrogens is 467 g/mol. The number of amides is 1. The first kappa shape index (κ1) is 23.5. The van der Waals surface area contributed by atoms with Crippen molar-refractivity contribution in [1.82, 2.24) is 29.9 Å². The average molecular weight is 493 g/mol. The largest absolute Gasteiger partial charge is 0.493 e. The Balaban J connectivity index is 1.40. The number of nitrogens with one attached hydrogen (secondary N) is 1. The number of piperidine rings is 1. The molecule has 1 aliphatic rings. The Labute approximate surface area is 205 Å². The number of H-pyrrole nitrogens is 1.